The first kappa shape index (κ1) is 10.4. The maximum atomic E-state index is 12.9. The van der Waals surface area contributed by atoms with E-state index in [2.05, 4.69) is 11.8 Å². The first-order valence-corrected chi connectivity index (χ1v) is 3.00. The average molecular weight is 174 g/mol. The average Bonchev–Trinajstić information content (AvgIpc) is 1.99. The van der Waals surface area contributed by atoms with Crippen LogP contribution in [0.15, 0.2) is 0 Å². The van der Waals surface area contributed by atoms with Gasteiger partial charge in [-0.05, 0) is 6.92 Å². The van der Waals surface area contributed by atoms with Crippen molar-refractivity contribution in [1.29, 1.82) is 0 Å². The predicted molar refractivity (Wildman–Crippen MR) is 37.2 cm³/mol. The summed E-state index contributed by atoms with van der Waals surface area (Å²) in [4.78, 5) is 20.3. The van der Waals surface area contributed by atoms with Gasteiger partial charge in [-0.25, -0.2) is 14.0 Å². The molecule has 0 aromatic heterocycles. The highest BCUT2D eigenvalue weighted by molar-refractivity contribution is 6.01. The van der Waals surface area contributed by atoms with Crippen molar-refractivity contribution in [2.24, 2.45) is 0 Å². The second kappa shape index (κ2) is 3.72. The van der Waals surface area contributed by atoms with Crippen molar-refractivity contribution < 1.29 is 24.2 Å². The Bertz CT molecular complexity index is 246. The molecule has 0 amide bonds. The van der Waals surface area contributed by atoms with E-state index >= 15 is 0 Å². The van der Waals surface area contributed by atoms with Crippen molar-refractivity contribution in [3.05, 3.63) is 0 Å². The number of rotatable bonds is 3. The van der Waals surface area contributed by atoms with E-state index in [-0.39, 0.29) is 0 Å². The van der Waals surface area contributed by atoms with Crippen molar-refractivity contribution in [1.82, 2.24) is 0 Å². The molecule has 5 heteroatoms. The minimum absolute atomic E-state index is 0.839. The normalized spacial score (nSPS) is 9.83. The number of alkyl halides is 1. The van der Waals surface area contributed by atoms with Crippen LogP contribution in [0.1, 0.15) is 13.3 Å². The zero-order valence-electron chi connectivity index (χ0n) is 6.30. The third-order valence-electron chi connectivity index (χ3n) is 1.19. The van der Waals surface area contributed by atoms with Gasteiger partial charge >= 0.3 is 17.6 Å². The van der Waals surface area contributed by atoms with E-state index in [1.165, 1.54) is 6.92 Å². The molecule has 2 N–H and O–H groups in total. The van der Waals surface area contributed by atoms with Gasteiger partial charge in [-0.1, -0.05) is 5.92 Å². The molecule has 4 nitrogen and oxygen atoms in total. The highest BCUT2D eigenvalue weighted by atomic mass is 19.1. The molecular weight excluding hydrogens is 167 g/mol. The van der Waals surface area contributed by atoms with E-state index in [4.69, 9.17) is 10.2 Å². The fraction of sp³-hybridized carbons (Fsp3) is 0.429. The molecule has 0 atom stereocenters. The molecule has 12 heavy (non-hydrogen) atoms. The molecule has 66 valence electrons. The zero-order chi connectivity index (χ0) is 9.78. The summed E-state index contributed by atoms with van der Waals surface area (Å²) >= 11 is 0. The van der Waals surface area contributed by atoms with Gasteiger partial charge in [0.15, 0.2) is 0 Å². The Hall–Kier alpha value is -1.57. The summed E-state index contributed by atoms with van der Waals surface area (Å²) in [6.07, 6.45) is -0.839. The summed E-state index contributed by atoms with van der Waals surface area (Å²) in [5.74, 6) is 0.222. The lowest BCUT2D eigenvalue weighted by molar-refractivity contribution is -0.166. The molecule has 0 saturated heterocycles. The molecule has 0 aromatic rings. The van der Waals surface area contributed by atoms with Gasteiger partial charge < -0.3 is 10.2 Å². The number of hydrogen-bond acceptors (Lipinski definition) is 2. The van der Waals surface area contributed by atoms with Gasteiger partial charge in [-0.15, -0.1) is 5.92 Å². The van der Waals surface area contributed by atoms with Gasteiger partial charge in [0.05, 0.1) is 6.42 Å². The number of hydrogen-bond donors (Lipinski definition) is 2. The number of carboxylic acid groups (broad SMARTS) is 2. The van der Waals surface area contributed by atoms with E-state index in [9.17, 15) is 14.0 Å². The third-order valence-corrected chi connectivity index (χ3v) is 1.19. The lowest BCUT2D eigenvalue weighted by Gasteiger charge is -2.10. The first-order valence-electron chi connectivity index (χ1n) is 3.00. The summed E-state index contributed by atoms with van der Waals surface area (Å²) in [5, 5.41) is 16.4. The van der Waals surface area contributed by atoms with E-state index in [0.29, 0.717) is 0 Å². The Balaban J connectivity index is 4.71. The molecule has 0 radical (unpaired) electrons. The fourth-order valence-corrected chi connectivity index (χ4v) is 0.453. The van der Waals surface area contributed by atoms with Crippen LogP contribution >= 0.6 is 0 Å². The lowest BCUT2D eigenvalue weighted by atomic mass is 10.0. The molecule has 0 unspecified atom stereocenters. The van der Waals surface area contributed by atoms with Crippen LogP contribution in [-0.2, 0) is 9.59 Å². The Morgan fingerprint density at radius 3 is 2.08 bits per heavy atom. The molecule has 0 saturated carbocycles. The number of carboxylic acids is 2. The predicted octanol–water partition coefficient (Wildman–Crippen LogP) is 0.277. The highest BCUT2D eigenvalue weighted by Gasteiger charge is 2.46. The highest BCUT2D eigenvalue weighted by Crippen LogP contribution is 2.16. The summed E-state index contributed by atoms with van der Waals surface area (Å²) in [5.41, 5.74) is -3.29. The van der Waals surface area contributed by atoms with Crippen molar-refractivity contribution in [2.45, 2.75) is 19.0 Å². The van der Waals surface area contributed by atoms with Crippen LogP contribution < -0.4 is 0 Å². The van der Waals surface area contributed by atoms with Crippen LogP contribution in [0.25, 0.3) is 0 Å². The van der Waals surface area contributed by atoms with Gasteiger partial charge in [0, 0.05) is 0 Å². The largest absolute Gasteiger partial charge is 0.478 e. The molecule has 0 aliphatic carbocycles. The standard InChI is InChI=1S/C7H7FO4/c1-2-3-4-7(8,5(9)10)6(11)12/h4H2,1H3,(H,9,10)(H,11,12). The third kappa shape index (κ3) is 1.95. The van der Waals surface area contributed by atoms with Gasteiger partial charge in [0.1, 0.15) is 0 Å². The molecule has 0 aliphatic heterocycles. The minimum atomic E-state index is -3.29. The molecule has 0 rings (SSSR count). The van der Waals surface area contributed by atoms with Gasteiger partial charge in [-0.3, -0.25) is 0 Å². The van der Waals surface area contributed by atoms with E-state index < -0.39 is 24.0 Å². The molecule has 0 aromatic carbocycles. The number of aliphatic carboxylic acids is 2. The quantitative estimate of drug-likeness (QED) is 0.476. The van der Waals surface area contributed by atoms with Crippen LogP contribution in [0, 0.1) is 11.8 Å². The summed E-state index contributed by atoms with van der Waals surface area (Å²) in [7, 11) is 0. The molecule has 0 spiro atoms. The second-order valence-corrected chi connectivity index (χ2v) is 2.02. The second-order valence-electron chi connectivity index (χ2n) is 2.02. The topological polar surface area (TPSA) is 74.6 Å². The summed E-state index contributed by atoms with van der Waals surface area (Å²) < 4.78 is 12.9. The minimum Gasteiger partial charge on any atom is -0.478 e. The van der Waals surface area contributed by atoms with Crippen LogP contribution in [0.4, 0.5) is 4.39 Å². The van der Waals surface area contributed by atoms with Gasteiger partial charge in [0.25, 0.3) is 0 Å². The maximum Gasteiger partial charge on any atom is 0.354 e. The summed E-state index contributed by atoms with van der Waals surface area (Å²) in [6, 6.07) is 0. The van der Waals surface area contributed by atoms with E-state index in [0.717, 1.165) is 0 Å². The maximum absolute atomic E-state index is 12.9. The number of carbonyl (C=O) groups is 2. The summed E-state index contributed by atoms with van der Waals surface area (Å²) in [6.45, 7) is 1.37. The Morgan fingerprint density at radius 2 is 1.83 bits per heavy atom. The van der Waals surface area contributed by atoms with Crippen molar-refractivity contribution >= 4 is 11.9 Å². The smallest absolute Gasteiger partial charge is 0.354 e. The Morgan fingerprint density at radius 1 is 1.42 bits per heavy atom. The molecular formula is C7H7FO4. The molecule has 0 heterocycles. The van der Waals surface area contributed by atoms with Crippen molar-refractivity contribution in [3.8, 4) is 11.8 Å². The van der Waals surface area contributed by atoms with Crippen LogP contribution in [0.2, 0.25) is 0 Å². The molecule has 0 aliphatic rings. The fourth-order valence-electron chi connectivity index (χ4n) is 0.453. The van der Waals surface area contributed by atoms with Crippen LogP contribution in [-0.4, -0.2) is 27.8 Å². The van der Waals surface area contributed by atoms with Gasteiger partial charge in [-0.2, -0.15) is 0 Å². The van der Waals surface area contributed by atoms with E-state index in [1.807, 2.05) is 0 Å². The van der Waals surface area contributed by atoms with Crippen LogP contribution in [0.3, 0.4) is 0 Å². The van der Waals surface area contributed by atoms with Gasteiger partial charge in [0.2, 0.25) is 0 Å². The molecule has 0 bridgehead atoms. The molecule has 0 fully saturated rings. The monoisotopic (exact) mass is 174 g/mol. The van der Waals surface area contributed by atoms with Crippen molar-refractivity contribution in [2.75, 3.05) is 0 Å². The van der Waals surface area contributed by atoms with Crippen LogP contribution in [0.5, 0.6) is 0 Å². The zero-order valence-corrected chi connectivity index (χ0v) is 6.30. The SMILES string of the molecule is CC#CCC(F)(C(=O)O)C(=O)O. The Labute approximate surface area is 68.0 Å². The van der Waals surface area contributed by atoms with E-state index in [1.54, 1.807) is 0 Å². The first-order chi connectivity index (χ1) is 5.45. The number of halogens is 1. The van der Waals surface area contributed by atoms with Crippen molar-refractivity contribution in [3.63, 3.8) is 0 Å². The lowest BCUT2D eigenvalue weighted by Crippen LogP contribution is -2.41. The Kier molecular flexibility index (Phi) is 3.23.